The summed E-state index contributed by atoms with van der Waals surface area (Å²) in [4.78, 5) is 38.6. The number of ether oxygens (including phenoxy) is 1. The third-order valence-corrected chi connectivity index (χ3v) is 8.22. The van der Waals surface area contributed by atoms with Gasteiger partial charge in [0, 0.05) is 56.2 Å². The summed E-state index contributed by atoms with van der Waals surface area (Å²) in [6.45, 7) is 11.4. The lowest BCUT2D eigenvalue weighted by Gasteiger charge is -2.35. The fourth-order valence-electron chi connectivity index (χ4n) is 6.24. The Labute approximate surface area is 240 Å². The number of nitrogens with one attached hydrogen (secondary N) is 1. The molecule has 3 aromatic heterocycles. The zero-order valence-electron chi connectivity index (χ0n) is 24.7. The molecular formula is C32H38N6O3. The molecule has 0 saturated carbocycles. The lowest BCUT2D eigenvalue weighted by atomic mass is 9.86. The molecule has 1 fully saturated rings. The van der Waals surface area contributed by atoms with E-state index >= 15 is 0 Å². The number of carbonyl (C=O) groups is 2. The maximum absolute atomic E-state index is 13.6. The molecule has 9 heteroatoms. The van der Waals surface area contributed by atoms with Crippen LogP contribution in [0.5, 0.6) is 0 Å². The van der Waals surface area contributed by atoms with Crippen molar-refractivity contribution in [3.05, 3.63) is 70.3 Å². The van der Waals surface area contributed by atoms with Gasteiger partial charge in [0.2, 0.25) is 0 Å². The summed E-state index contributed by atoms with van der Waals surface area (Å²) < 4.78 is 7.50. The maximum Gasteiger partial charge on any atom is 0.410 e. The van der Waals surface area contributed by atoms with E-state index in [0.717, 1.165) is 63.8 Å². The van der Waals surface area contributed by atoms with Gasteiger partial charge in [-0.25, -0.2) is 9.78 Å². The third-order valence-electron chi connectivity index (χ3n) is 8.22. The number of nitrogens with zero attached hydrogens (tertiary/aromatic N) is 5. The first-order chi connectivity index (χ1) is 19.5. The van der Waals surface area contributed by atoms with E-state index in [-0.39, 0.29) is 18.0 Å². The van der Waals surface area contributed by atoms with E-state index in [1.54, 1.807) is 10.9 Å². The average Bonchev–Trinajstić information content (AvgIpc) is 3.64. The molecule has 2 aliphatic heterocycles. The molecular weight excluding hydrogens is 516 g/mol. The smallest absolute Gasteiger partial charge is 0.410 e. The van der Waals surface area contributed by atoms with Gasteiger partial charge in [-0.3, -0.25) is 9.48 Å². The second-order valence-corrected chi connectivity index (χ2v) is 12.4. The maximum atomic E-state index is 13.6. The number of aromatic amines is 1. The normalized spacial score (nSPS) is 17.3. The Morgan fingerprint density at radius 3 is 2.63 bits per heavy atom. The Hall–Kier alpha value is -4.14. The van der Waals surface area contributed by atoms with Crippen molar-refractivity contribution in [3.63, 3.8) is 0 Å². The van der Waals surface area contributed by atoms with E-state index in [1.807, 2.05) is 56.9 Å². The molecule has 5 heterocycles. The summed E-state index contributed by atoms with van der Waals surface area (Å²) >= 11 is 0. The van der Waals surface area contributed by atoms with E-state index < -0.39 is 5.60 Å². The van der Waals surface area contributed by atoms with Crippen molar-refractivity contribution in [2.75, 3.05) is 13.1 Å². The fraction of sp³-hybridized carbons (Fsp3) is 0.438. The van der Waals surface area contributed by atoms with Gasteiger partial charge in [0.25, 0.3) is 5.91 Å². The molecule has 0 radical (unpaired) electrons. The monoisotopic (exact) mass is 554 g/mol. The van der Waals surface area contributed by atoms with Gasteiger partial charge in [0.15, 0.2) is 0 Å². The van der Waals surface area contributed by atoms with E-state index in [0.29, 0.717) is 25.2 Å². The van der Waals surface area contributed by atoms with Crippen LogP contribution in [0.15, 0.2) is 36.8 Å². The predicted octanol–water partition coefficient (Wildman–Crippen LogP) is 5.85. The van der Waals surface area contributed by atoms with Crippen LogP contribution in [0.3, 0.4) is 0 Å². The van der Waals surface area contributed by atoms with Crippen molar-refractivity contribution in [1.82, 2.24) is 29.5 Å². The molecule has 0 bridgehead atoms. The average molecular weight is 555 g/mol. The van der Waals surface area contributed by atoms with Crippen LogP contribution < -0.4 is 0 Å². The molecule has 214 valence electrons. The zero-order chi connectivity index (χ0) is 29.1. The number of hydrogen-bond acceptors (Lipinski definition) is 5. The molecule has 1 saturated heterocycles. The Kier molecular flexibility index (Phi) is 6.63. The van der Waals surface area contributed by atoms with E-state index in [9.17, 15) is 9.59 Å². The Balaban J connectivity index is 1.43. The first-order valence-corrected chi connectivity index (χ1v) is 14.4. The highest BCUT2D eigenvalue weighted by Gasteiger charge is 2.36. The second kappa shape index (κ2) is 10.0. The molecule has 0 aliphatic carbocycles. The standard InChI is InChI=1S/C32H38N6O3/c1-19-15-33-29-24(19)14-23(16-34-29)22-12-21-9-11-37(30(39)26-17-36(6)35-20(26)2)18-27(21)25(13-22)28-8-7-10-38(28)31(40)41-32(3,4)5/h12-17,28H,7-11,18H2,1-6H3,(H,33,34). The van der Waals surface area contributed by atoms with Crippen LogP contribution in [0, 0.1) is 13.8 Å². The minimum absolute atomic E-state index is 0.00992. The van der Waals surface area contributed by atoms with Crippen molar-refractivity contribution in [2.45, 2.75) is 72.1 Å². The highest BCUT2D eigenvalue weighted by Crippen LogP contribution is 2.40. The second-order valence-electron chi connectivity index (χ2n) is 12.4. The largest absolute Gasteiger partial charge is 0.444 e. The van der Waals surface area contributed by atoms with Crippen LogP contribution >= 0.6 is 0 Å². The van der Waals surface area contributed by atoms with Crippen molar-refractivity contribution in [1.29, 1.82) is 0 Å². The quantitative estimate of drug-likeness (QED) is 0.343. The van der Waals surface area contributed by atoms with Gasteiger partial charge < -0.3 is 19.5 Å². The first-order valence-electron chi connectivity index (χ1n) is 14.4. The lowest BCUT2D eigenvalue weighted by Crippen LogP contribution is -2.39. The van der Waals surface area contributed by atoms with Crippen molar-refractivity contribution in [3.8, 4) is 11.1 Å². The molecule has 1 unspecified atom stereocenters. The molecule has 4 aromatic rings. The highest BCUT2D eigenvalue weighted by atomic mass is 16.6. The summed E-state index contributed by atoms with van der Waals surface area (Å²) in [5.74, 6) is -0.00992. The Morgan fingerprint density at radius 1 is 1.10 bits per heavy atom. The number of benzene rings is 1. The molecule has 41 heavy (non-hydrogen) atoms. The van der Waals surface area contributed by atoms with Crippen LogP contribution in [0.25, 0.3) is 22.2 Å². The number of aromatic nitrogens is 4. The van der Waals surface area contributed by atoms with Crippen LogP contribution in [-0.2, 0) is 24.8 Å². The molecule has 0 spiro atoms. The van der Waals surface area contributed by atoms with Crippen LogP contribution in [0.1, 0.15) is 78.0 Å². The van der Waals surface area contributed by atoms with E-state index in [4.69, 9.17) is 4.74 Å². The molecule has 1 N–H and O–H groups in total. The van der Waals surface area contributed by atoms with Gasteiger partial charge in [0.1, 0.15) is 11.2 Å². The van der Waals surface area contributed by atoms with Crippen molar-refractivity contribution < 1.29 is 14.3 Å². The number of hydrogen-bond donors (Lipinski definition) is 1. The van der Waals surface area contributed by atoms with E-state index in [1.165, 1.54) is 5.56 Å². The number of H-pyrrole nitrogens is 1. The van der Waals surface area contributed by atoms with Gasteiger partial charge in [-0.05, 0) is 93.8 Å². The van der Waals surface area contributed by atoms with Gasteiger partial charge >= 0.3 is 6.09 Å². The minimum atomic E-state index is -0.578. The minimum Gasteiger partial charge on any atom is -0.444 e. The summed E-state index contributed by atoms with van der Waals surface area (Å²) in [5, 5.41) is 5.48. The summed E-state index contributed by atoms with van der Waals surface area (Å²) in [6.07, 6.45) is 7.87. The summed E-state index contributed by atoms with van der Waals surface area (Å²) in [5.41, 5.74) is 8.35. The third kappa shape index (κ3) is 5.09. The number of aryl methyl sites for hydroxylation is 3. The predicted molar refractivity (Wildman–Crippen MR) is 158 cm³/mol. The summed E-state index contributed by atoms with van der Waals surface area (Å²) in [6, 6.07) is 6.51. The molecule has 2 amide bonds. The Bertz CT molecular complexity index is 1660. The van der Waals surface area contributed by atoms with Crippen LogP contribution in [0.2, 0.25) is 0 Å². The van der Waals surface area contributed by atoms with Crippen molar-refractivity contribution >= 4 is 23.0 Å². The lowest BCUT2D eigenvalue weighted by molar-refractivity contribution is 0.0222. The first kappa shape index (κ1) is 27.1. The SMILES string of the molecule is Cc1nn(C)cc1C(=O)N1CCc2cc(-c3cnc4[nH]cc(C)c4c3)cc(C3CCCN3C(=O)OC(C)(C)C)c2C1. The topological polar surface area (TPSA) is 96.4 Å². The van der Waals surface area contributed by atoms with Gasteiger partial charge in [0.05, 0.1) is 17.3 Å². The number of fused-ring (bicyclic) bond motifs is 2. The fourth-order valence-corrected chi connectivity index (χ4v) is 6.24. The zero-order valence-corrected chi connectivity index (χ0v) is 24.7. The van der Waals surface area contributed by atoms with Gasteiger partial charge in [-0.1, -0.05) is 6.07 Å². The van der Waals surface area contributed by atoms with Gasteiger partial charge in [-0.15, -0.1) is 0 Å². The number of pyridine rings is 1. The molecule has 1 atom stereocenters. The van der Waals surface area contributed by atoms with E-state index in [2.05, 4.69) is 40.2 Å². The molecule has 9 nitrogen and oxygen atoms in total. The number of rotatable bonds is 3. The Morgan fingerprint density at radius 2 is 1.90 bits per heavy atom. The van der Waals surface area contributed by atoms with Crippen LogP contribution in [-0.4, -0.2) is 60.2 Å². The molecule has 1 aromatic carbocycles. The molecule has 2 aliphatic rings. The highest BCUT2D eigenvalue weighted by molar-refractivity contribution is 5.95. The molecule has 6 rings (SSSR count). The number of amides is 2. The van der Waals surface area contributed by atoms with Crippen LogP contribution in [0.4, 0.5) is 4.79 Å². The number of likely N-dealkylation sites (tertiary alicyclic amines) is 1. The van der Waals surface area contributed by atoms with Gasteiger partial charge in [-0.2, -0.15) is 5.10 Å². The van der Waals surface area contributed by atoms with Crippen molar-refractivity contribution in [2.24, 2.45) is 7.05 Å². The summed E-state index contributed by atoms with van der Waals surface area (Å²) in [7, 11) is 1.83. The number of carbonyl (C=O) groups excluding carboxylic acids is 2.